The van der Waals surface area contributed by atoms with E-state index >= 15 is 0 Å². The molecule has 0 saturated carbocycles. The molecule has 0 fully saturated rings. The van der Waals surface area contributed by atoms with Crippen LogP contribution in [0.2, 0.25) is 0 Å². The minimum absolute atomic E-state index is 0.0972. The van der Waals surface area contributed by atoms with Gasteiger partial charge in [-0.2, -0.15) is 5.10 Å². The van der Waals surface area contributed by atoms with Gasteiger partial charge in [-0.05, 0) is 35.7 Å². The van der Waals surface area contributed by atoms with E-state index in [4.69, 9.17) is 0 Å². The van der Waals surface area contributed by atoms with Crippen LogP contribution in [0, 0.1) is 6.92 Å². The van der Waals surface area contributed by atoms with E-state index in [0.29, 0.717) is 13.1 Å². The number of aromatic nitrogens is 3. The summed E-state index contributed by atoms with van der Waals surface area (Å²) in [5, 5.41) is 9.82. The second kappa shape index (κ2) is 10.4. The van der Waals surface area contributed by atoms with Crippen LogP contribution in [0.3, 0.4) is 0 Å². The van der Waals surface area contributed by atoms with Crippen molar-refractivity contribution in [2.24, 2.45) is 0 Å². The first kappa shape index (κ1) is 20.6. The van der Waals surface area contributed by atoms with Gasteiger partial charge >= 0.3 is 0 Å². The largest absolute Gasteiger partial charge is 0.351 e. The topological polar surface area (TPSA) is 88.9 Å². The number of nitrogens with zero attached hydrogens (tertiary/aromatic N) is 3. The molecule has 3 aromatic rings. The van der Waals surface area contributed by atoms with Gasteiger partial charge in [0.2, 0.25) is 11.8 Å². The normalized spacial score (nSPS) is 10.5. The first-order chi connectivity index (χ1) is 14.1. The van der Waals surface area contributed by atoms with Crippen molar-refractivity contribution in [1.82, 2.24) is 20.1 Å². The molecule has 1 heterocycles. The van der Waals surface area contributed by atoms with Crippen LogP contribution < -0.4 is 10.6 Å². The second-order valence-corrected chi connectivity index (χ2v) is 7.59. The summed E-state index contributed by atoms with van der Waals surface area (Å²) in [7, 11) is 0. The Morgan fingerprint density at radius 3 is 2.62 bits per heavy atom. The van der Waals surface area contributed by atoms with Gasteiger partial charge in [-0.1, -0.05) is 36.4 Å². The minimum Gasteiger partial charge on any atom is -0.351 e. The van der Waals surface area contributed by atoms with E-state index in [1.165, 1.54) is 18.1 Å². The molecule has 150 valence electrons. The Bertz CT molecular complexity index is 959. The van der Waals surface area contributed by atoms with Crippen LogP contribution in [0.5, 0.6) is 0 Å². The van der Waals surface area contributed by atoms with Crippen LogP contribution in [-0.2, 0) is 22.7 Å². The number of anilines is 1. The second-order valence-electron chi connectivity index (χ2n) is 6.60. The third-order valence-corrected chi connectivity index (χ3v) is 4.99. The Morgan fingerprint density at radius 2 is 1.83 bits per heavy atom. The summed E-state index contributed by atoms with van der Waals surface area (Å²) >= 11 is 1.29. The van der Waals surface area contributed by atoms with Crippen molar-refractivity contribution in [3.8, 4) is 0 Å². The lowest BCUT2D eigenvalue weighted by Crippen LogP contribution is -2.25. The van der Waals surface area contributed by atoms with Crippen molar-refractivity contribution in [2.45, 2.75) is 20.0 Å². The highest BCUT2D eigenvalue weighted by Crippen LogP contribution is 2.11. The Kier molecular flexibility index (Phi) is 7.40. The van der Waals surface area contributed by atoms with Crippen LogP contribution in [0.25, 0.3) is 0 Å². The number of benzene rings is 2. The molecule has 29 heavy (non-hydrogen) atoms. The molecule has 0 bridgehead atoms. The van der Waals surface area contributed by atoms with Crippen LogP contribution in [0.15, 0.2) is 61.2 Å². The lowest BCUT2D eigenvalue weighted by atomic mass is 10.1. The van der Waals surface area contributed by atoms with Crippen molar-refractivity contribution in [2.75, 3.05) is 16.8 Å². The third-order valence-electron chi connectivity index (χ3n) is 4.06. The van der Waals surface area contributed by atoms with E-state index in [2.05, 4.69) is 20.7 Å². The highest BCUT2D eigenvalue weighted by Gasteiger charge is 2.07. The van der Waals surface area contributed by atoms with Crippen LogP contribution in [0.4, 0.5) is 5.69 Å². The van der Waals surface area contributed by atoms with E-state index in [-0.39, 0.29) is 23.3 Å². The summed E-state index contributed by atoms with van der Waals surface area (Å²) < 4.78 is 1.75. The molecule has 0 aliphatic rings. The number of amides is 2. The number of carbonyl (C=O) groups excluding carboxylic acids is 2. The zero-order valence-electron chi connectivity index (χ0n) is 16.2. The van der Waals surface area contributed by atoms with Crippen molar-refractivity contribution < 1.29 is 9.59 Å². The number of thioether (sulfide) groups is 1. The molecule has 0 aliphatic carbocycles. The number of carbonyl (C=O) groups is 2. The lowest BCUT2D eigenvalue weighted by molar-refractivity contribution is -0.118. The zero-order valence-corrected chi connectivity index (χ0v) is 17.0. The van der Waals surface area contributed by atoms with E-state index in [1.54, 1.807) is 11.0 Å². The van der Waals surface area contributed by atoms with Crippen LogP contribution >= 0.6 is 11.8 Å². The number of aryl methyl sites for hydroxylation is 1. The maximum absolute atomic E-state index is 12.1. The van der Waals surface area contributed by atoms with E-state index in [1.807, 2.05) is 55.5 Å². The zero-order chi connectivity index (χ0) is 20.5. The van der Waals surface area contributed by atoms with Gasteiger partial charge in [0.25, 0.3) is 0 Å². The summed E-state index contributed by atoms with van der Waals surface area (Å²) in [6.07, 6.45) is 3.17. The standard InChI is InChI=1S/C21H23N5O2S/c1-16-4-2-7-19(8-16)25-21(28)13-29-12-20(27)23-10-17-5-3-6-18(9-17)11-26-15-22-14-24-26/h2-9,14-15H,10-13H2,1H3,(H,23,27)(H,25,28). The van der Waals surface area contributed by atoms with Crippen molar-refractivity contribution in [3.05, 3.63) is 77.9 Å². The van der Waals surface area contributed by atoms with Gasteiger partial charge in [-0.25, -0.2) is 9.67 Å². The fourth-order valence-electron chi connectivity index (χ4n) is 2.75. The molecule has 0 radical (unpaired) electrons. The highest BCUT2D eigenvalue weighted by atomic mass is 32.2. The number of rotatable bonds is 9. The Balaban J connectivity index is 1.37. The fourth-order valence-corrected chi connectivity index (χ4v) is 3.39. The van der Waals surface area contributed by atoms with Crippen molar-refractivity contribution in [1.29, 1.82) is 0 Å². The predicted molar refractivity (Wildman–Crippen MR) is 115 cm³/mol. The molecule has 2 aromatic carbocycles. The molecule has 0 saturated heterocycles. The fraction of sp³-hybridized carbons (Fsp3) is 0.238. The van der Waals surface area contributed by atoms with Crippen LogP contribution in [-0.4, -0.2) is 38.1 Å². The van der Waals surface area contributed by atoms with Gasteiger partial charge in [-0.3, -0.25) is 9.59 Å². The molecule has 1 aromatic heterocycles. The maximum atomic E-state index is 12.1. The molecule has 7 nitrogen and oxygen atoms in total. The van der Waals surface area contributed by atoms with Crippen molar-refractivity contribution in [3.63, 3.8) is 0 Å². The lowest BCUT2D eigenvalue weighted by Gasteiger charge is -2.08. The van der Waals surface area contributed by atoms with Crippen LogP contribution in [0.1, 0.15) is 16.7 Å². The Labute approximate surface area is 173 Å². The SMILES string of the molecule is Cc1cccc(NC(=O)CSCC(=O)NCc2cccc(Cn3cncn3)c2)c1. The molecule has 0 unspecified atom stereocenters. The summed E-state index contributed by atoms with van der Waals surface area (Å²) in [5.74, 6) is 0.253. The molecule has 3 rings (SSSR count). The Hall–Kier alpha value is -3.13. The molecular formula is C21H23N5O2S. The van der Waals surface area contributed by atoms with E-state index in [9.17, 15) is 9.59 Å². The molecule has 0 spiro atoms. The molecule has 2 amide bonds. The van der Waals surface area contributed by atoms with Crippen molar-refractivity contribution >= 4 is 29.3 Å². The summed E-state index contributed by atoms with van der Waals surface area (Å²) in [4.78, 5) is 28.0. The average molecular weight is 410 g/mol. The smallest absolute Gasteiger partial charge is 0.234 e. The Morgan fingerprint density at radius 1 is 1.03 bits per heavy atom. The quantitative estimate of drug-likeness (QED) is 0.567. The van der Waals surface area contributed by atoms with Gasteiger partial charge in [-0.15, -0.1) is 11.8 Å². The number of hydrogen-bond acceptors (Lipinski definition) is 5. The number of nitrogens with one attached hydrogen (secondary N) is 2. The monoisotopic (exact) mass is 409 g/mol. The summed E-state index contributed by atoms with van der Waals surface area (Å²) in [5.41, 5.74) is 3.95. The molecule has 0 aliphatic heterocycles. The average Bonchev–Trinajstić information content (AvgIpc) is 3.20. The minimum atomic E-state index is -0.116. The third kappa shape index (κ3) is 7.08. The van der Waals surface area contributed by atoms with Gasteiger partial charge < -0.3 is 10.6 Å². The van der Waals surface area contributed by atoms with Gasteiger partial charge in [0, 0.05) is 12.2 Å². The molecule has 8 heteroatoms. The molecular weight excluding hydrogens is 386 g/mol. The summed E-state index contributed by atoms with van der Waals surface area (Å²) in [6, 6.07) is 15.6. The predicted octanol–water partition coefficient (Wildman–Crippen LogP) is 2.62. The van der Waals surface area contributed by atoms with E-state index < -0.39 is 0 Å². The van der Waals surface area contributed by atoms with Gasteiger partial charge in [0.15, 0.2) is 0 Å². The van der Waals surface area contributed by atoms with E-state index in [0.717, 1.165) is 22.4 Å². The highest BCUT2D eigenvalue weighted by molar-refractivity contribution is 8.00. The number of hydrogen-bond donors (Lipinski definition) is 2. The molecule has 2 N–H and O–H groups in total. The summed E-state index contributed by atoms with van der Waals surface area (Å²) in [6.45, 7) is 3.05. The first-order valence-corrected chi connectivity index (χ1v) is 10.3. The van der Waals surface area contributed by atoms with Gasteiger partial charge in [0.05, 0.1) is 18.1 Å². The first-order valence-electron chi connectivity index (χ1n) is 9.20. The van der Waals surface area contributed by atoms with Gasteiger partial charge in [0.1, 0.15) is 12.7 Å². The molecule has 0 atom stereocenters. The maximum Gasteiger partial charge on any atom is 0.234 e.